The van der Waals surface area contributed by atoms with Crippen molar-refractivity contribution >= 4 is 35.2 Å². The predicted octanol–water partition coefficient (Wildman–Crippen LogP) is 3.99. The van der Waals surface area contributed by atoms with Gasteiger partial charge in [-0.15, -0.1) is 0 Å². The van der Waals surface area contributed by atoms with Gasteiger partial charge in [0, 0.05) is 74.8 Å². The van der Waals surface area contributed by atoms with Crippen LogP contribution in [0.1, 0.15) is 31.4 Å². The maximum absolute atomic E-state index is 12.2. The number of nitrogens with one attached hydrogen (secondary N) is 1. The first-order valence-corrected chi connectivity index (χ1v) is 12.1. The van der Waals surface area contributed by atoms with Crippen molar-refractivity contribution in [1.29, 1.82) is 0 Å². The maximum Gasteiger partial charge on any atom is 0.227 e. The number of nitrogens with zero attached hydrogens (tertiary/aromatic N) is 5. The van der Waals surface area contributed by atoms with Crippen LogP contribution in [0.15, 0.2) is 48.9 Å². The molecule has 4 heterocycles. The van der Waals surface area contributed by atoms with Crippen LogP contribution in [0, 0.1) is 0 Å². The minimum Gasteiger partial charge on any atom is -0.485 e. The van der Waals surface area contributed by atoms with E-state index in [9.17, 15) is 9.59 Å². The number of hydrogen-bond acceptors (Lipinski definition) is 7. The number of aromatic nitrogens is 2. The summed E-state index contributed by atoms with van der Waals surface area (Å²) >= 11 is 0. The quantitative estimate of drug-likeness (QED) is 0.482. The second-order valence-corrected chi connectivity index (χ2v) is 9.31. The first-order valence-electron chi connectivity index (χ1n) is 12.1. The smallest absolute Gasteiger partial charge is 0.227 e. The highest BCUT2D eigenvalue weighted by Gasteiger charge is 2.27. The summed E-state index contributed by atoms with van der Waals surface area (Å²) in [5, 5.41) is 3.35. The average Bonchev–Trinajstić information content (AvgIpc) is 3.32. The van der Waals surface area contributed by atoms with Crippen molar-refractivity contribution in [3.8, 4) is 16.9 Å². The summed E-state index contributed by atoms with van der Waals surface area (Å²) in [4.78, 5) is 37.5. The van der Waals surface area contributed by atoms with Crippen LogP contribution >= 0.6 is 0 Å². The normalized spacial score (nSPS) is 16.1. The Morgan fingerprint density at radius 2 is 2.00 bits per heavy atom. The van der Waals surface area contributed by atoms with E-state index in [4.69, 9.17) is 4.74 Å². The number of hydrogen-bond donors (Lipinski definition) is 1. The molecule has 3 aromatic rings. The zero-order chi connectivity index (χ0) is 25.2. The molecule has 0 saturated carbocycles. The lowest BCUT2D eigenvalue weighted by molar-refractivity contribution is -0.117. The van der Waals surface area contributed by atoms with Crippen LogP contribution in [0.25, 0.3) is 11.1 Å². The van der Waals surface area contributed by atoms with Gasteiger partial charge in [0.2, 0.25) is 12.3 Å². The minimum absolute atomic E-state index is 0.161. The molecule has 2 aliphatic heterocycles. The molecule has 1 atom stereocenters. The Kier molecular flexibility index (Phi) is 6.45. The van der Waals surface area contributed by atoms with Gasteiger partial charge in [-0.05, 0) is 37.6 Å². The molecule has 2 amide bonds. The van der Waals surface area contributed by atoms with Gasteiger partial charge in [-0.25, -0.2) is 4.98 Å². The predicted molar refractivity (Wildman–Crippen MR) is 140 cm³/mol. The van der Waals surface area contributed by atoms with Gasteiger partial charge in [0.25, 0.3) is 0 Å². The zero-order valence-electron chi connectivity index (χ0n) is 20.8. The highest BCUT2D eigenvalue weighted by molar-refractivity contribution is 5.96. The lowest BCUT2D eigenvalue weighted by Crippen LogP contribution is -2.29. The number of likely N-dealkylation sites (N-methyl/N-ethyl adjacent to an activating group) is 2. The molecule has 1 unspecified atom stereocenters. The number of carbonyl (C=O) groups is 2. The summed E-state index contributed by atoms with van der Waals surface area (Å²) in [5.74, 6) is 1.64. The molecule has 1 N–H and O–H groups in total. The Hall–Kier alpha value is -4.14. The van der Waals surface area contributed by atoms with Gasteiger partial charge in [0.05, 0.1) is 23.8 Å². The number of amides is 2. The SMILES string of the molecule is CC1Oc2cc(N3CCCC3=O)ccc2-c2cnc(Nc3cncc(N(C)CCN(C)C=O)c3)cc21. The van der Waals surface area contributed by atoms with E-state index < -0.39 is 0 Å². The lowest BCUT2D eigenvalue weighted by atomic mass is 9.94. The van der Waals surface area contributed by atoms with Gasteiger partial charge >= 0.3 is 0 Å². The molecule has 1 saturated heterocycles. The van der Waals surface area contributed by atoms with E-state index in [1.165, 1.54) is 0 Å². The largest absolute Gasteiger partial charge is 0.485 e. The molecule has 36 heavy (non-hydrogen) atoms. The number of pyridine rings is 2. The molecule has 0 radical (unpaired) electrons. The fourth-order valence-corrected chi connectivity index (χ4v) is 4.62. The molecule has 1 fully saturated rings. The Bertz CT molecular complexity index is 1300. The second-order valence-electron chi connectivity index (χ2n) is 9.31. The van der Waals surface area contributed by atoms with Gasteiger partial charge in [-0.2, -0.15) is 0 Å². The van der Waals surface area contributed by atoms with Crippen LogP contribution in [0.3, 0.4) is 0 Å². The van der Waals surface area contributed by atoms with E-state index in [0.717, 1.165) is 58.9 Å². The van der Waals surface area contributed by atoms with E-state index in [1.807, 2.05) is 55.4 Å². The van der Waals surface area contributed by atoms with E-state index in [2.05, 4.69) is 20.2 Å². The fourth-order valence-electron chi connectivity index (χ4n) is 4.62. The zero-order valence-corrected chi connectivity index (χ0v) is 20.8. The van der Waals surface area contributed by atoms with Crippen molar-refractivity contribution < 1.29 is 14.3 Å². The summed E-state index contributed by atoms with van der Waals surface area (Å²) in [6.45, 7) is 4.09. The van der Waals surface area contributed by atoms with Gasteiger partial charge in [-0.1, -0.05) is 0 Å². The Balaban J connectivity index is 1.35. The average molecular weight is 487 g/mol. The topological polar surface area (TPSA) is 90.9 Å². The number of ether oxygens (including phenoxy) is 1. The van der Waals surface area contributed by atoms with Crippen molar-refractivity contribution in [2.45, 2.75) is 25.9 Å². The Labute approximate surface area is 210 Å². The number of carbonyl (C=O) groups excluding carboxylic acids is 2. The molecule has 0 spiro atoms. The molecule has 2 aromatic heterocycles. The van der Waals surface area contributed by atoms with E-state index in [0.29, 0.717) is 25.3 Å². The van der Waals surface area contributed by atoms with Crippen LogP contribution in [0.5, 0.6) is 5.75 Å². The van der Waals surface area contributed by atoms with Crippen molar-refractivity contribution in [3.05, 3.63) is 54.5 Å². The number of benzene rings is 1. The van der Waals surface area contributed by atoms with Crippen molar-refractivity contribution in [2.24, 2.45) is 0 Å². The van der Waals surface area contributed by atoms with Gasteiger partial charge in [0.1, 0.15) is 17.7 Å². The molecule has 9 nitrogen and oxygen atoms in total. The molecular formula is C27H30N6O3. The summed E-state index contributed by atoms with van der Waals surface area (Å²) < 4.78 is 6.26. The van der Waals surface area contributed by atoms with Crippen LogP contribution in [-0.4, -0.2) is 60.9 Å². The van der Waals surface area contributed by atoms with Gasteiger partial charge < -0.3 is 24.8 Å². The third kappa shape index (κ3) is 4.68. The van der Waals surface area contributed by atoms with Crippen molar-refractivity contribution in [1.82, 2.24) is 14.9 Å². The summed E-state index contributed by atoms with van der Waals surface area (Å²) in [7, 11) is 3.73. The van der Waals surface area contributed by atoms with Crippen molar-refractivity contribution in [3.63, 3.8) is 0 Å². The van der Waals surface area contributed by atoms with Gasteiger partial charge in [0.15, 0.2) is 0 Å². The minimum atomic E-state index is -0.161. The monoisotopic (exact) mass is 486 g/mol. The third-order valence-electron chi connectivity index (χ3n) is 6.72. The third-order valence-corrected chi connectivity index (χ3v) is 6.72. The molecule has 1 aromatic carbocycles. The van der Waals surface area contributed by atoms with Crippen LogP contribution in [0.4, 0.5) is 22.9 Å². The first kappa shape index (κ1) is 23.6. The molecular weight excluding hydrogens is 456 g/mol. The molecule has 9 heteroatoms. The number of rotatable bonds is 8. The Morgan fingerprint density at radius 3 is 2.78 bits per heavy atom. The maximum atomic E-state index is 12.2. The highest BCUT2D eigenvalue weighted by Crippen LogP contribution is 2.44. The van der Waals surface area contributed by atoms with Crippen molar-refractivity contribution in [2.75, 3.05) is 48.8 Å². The second kappa shape index (κ2) is 9.85. The Morgan fingerprint density at radius 1 is 1.14 bits per heavy atom. The molecule has 186 valence electrons. The summed E-state index contributed by atoms with van der Waals surface area (Å²) in [6.07, 6.45) is 7.57. The standard InChI is InChI=1S/C27H30N6O3/c1-18-23-13-26(30-19-11-21(15-28-14-19)32(3)10-9-31(2)17-34)29-16-24(23)22-7-6-20(12-25(22)36-18)33-8-4-5-27(33)35/h6-7,11-18H,4-5,8-10H2,1-3H3,(H,29,30). The van der Waals surface area contributed by atoms with Crippen LogP contribution in [0.2, 0.25) is 0 Å². The molecule has 0 bridgehead atoms. The highest BCUT2D eigenvalue weighted by atomic mass is 16.5. The fraction of sp³-hybridized carbons (Fsp3) is 0.333. The van der Waals surface area contributed by atoms with Crippen LogP contribution in [-0.2, 0) is 9.59 Å². The van der Waals surface area contributed by atoms with E-state index in [1.54, 1.807) is 24.3 Å². The molecule has 0 aliphatic carbocycles. The summed E-state index contributed by atoms with van der Waals surface area (Å²) in [5.41, 5.74) is 5.69. The van der Waals surface area contributed by atoms with E-state index in [-0.39, 0.29) is 12.0 Å². The number of anilines is 4. The number of fused-ring (bicyclic) bond motifs is 3. The van der Waals surface area contributed by atoms with Gasteiger partial charge in [-0.3, -0.25) is 14.6 Å². The lowest BCUT2D eigenvalue weighted by Gasteiger charge is -2.28. The molecule has 5 rings (SSSR count). The summed E-state index contributed by atoms with van der Waals surface area (Å²) in [6, 6.07) is 9.98. The first-order chi connectivity index (χ1) is 17.4. The van der Waals surface area contributed by atoms with E-state index >= 15 is 0 Å². The molecule has 2 aliphatic rings. The van der Waals surface area contributed by atoms with Crippen LogP contribution < -0.4 is 19.9 Å².